The highest BCUT2D eigenvalue weighted by Gasteiger charge is 2.28. The van der Waals surface area contributed by atoms with Gasteiger partial charge in [-0.3, -0.25) is 0 Å². The van der Waals surface area contributed by atoms with Crippen LogP contribution in [0.3, 0.4) is 0 Å². The molecule has 0 bridgehead atoms. The Balaban J connectivity index is 2.24. The number of nitrogens with two attached hydrogens (primary N) is 1. The summed E-state index contributed by atoms with van der Waals surface area (Å²) in [5.41, 5.74) is 5.33. The molecule has 1 saturated carbocycles. The molecule has 0 radical (unpaired) electrons. The largest absolute Gasteiger partial charge is 0.389 e. The Morgan fingerprint density at radius 2 is 2.15 bits per heavy atom. The molecule has 0 spiro atoms. The Bertz CT molecular complexity index is 627. The smallest absolute Gasteiger partial charge is 0.240 e. The van der Waals surface area contributed by atoms with E-state index >= 15 is 0 Å². The molecule has 2 rings (SSSR count). The molecule has 1 atom stereocenters. The van der Waals surface area contributed by atoms with Gasteiger partial charge in [0.05, 0.1) is 4.90 Å². The number of halogens is 1. The molecule has 1 aromatic rings. The monoisotopic (exact) mass is 316 g/mol. The molecule has 0 saturated heterocycles. The number of rotatable bonds is 5. The van der Waals surface area contributed by atoms with Gasteiger partial charge in [-0.05, 0) is 43.9 Å². The van der Waals surface area contributed by atoms with E-state index in [0.717, 1.165) is 25.3 Å². The van der Waals surface area contributed by atoms with Crippen LogP contribution in [0.5, 0.6) is 0 Å². The first-order valence-electron chi connectivity index (χ1n) is 6.43. The van der Waals surface area contributed by atoms with E-state index in [-0.39, 0.29) is 21.5 Å². The number of thiocarbonyl (C=S) groups is 1. The summed E-state index contributed by atoms with van der Waals surface area (Å²) in [6.45, 7) is 1.85. The third-order valence-corrected chi connectivity index (χ3v) is 5.49. The molecule has 3 N–H and O–H groups in total. The first kappa shape index (κ1) is 15.3. The van der Waals surface area contributed by atoms with Crippen molar-refractivity contribution in [2.24, 2.45) is 11.7 Å². The first-order chi connectivity index (χ1) is 9.31. The van der Waals surface area contributed by atoms with Gasteiger partial charge in [-0.2, -0.15) is 0 Å². The Morgan fingerprint density at radius 1 is 1.50 bits per heavy atom. The third-order valence-electron chi connectivity index (χ3n) is 3.71. The average molecular weight is 316 g/mol. The highest BCUT2D eigenvalue weighted by atomic mass is 32.2. The Labute approximate surface area is 123 Å². The average Bonchev–Trinajstić information content (AvgIpc) is 2.25. The molecule has 0 aromatic heterocycles. The molecule has 20 heavy (non-hydrogen) atoms. The van der Waals surface area contributed by atoms with E-state index < -0.39 is 15.8 Å². The van der Waals surface area contributed by atoms with Crippen molar-refractivity contribution in [2.45, 2.75) is 37.1 Å². The summed E-state index contributed by atoms with van der Waals surface area (Å²) in [6.07, 6.45) is 3.20. The lowest BCUT2D eigenvalue weighted by Gasteiger charge is -2.31. The number of benzene rings is 1. The van der Waals surface area contributed by atoms with Gasteiger partial charge in [0.15, 0.2) is 0 Å². The normalized spacial score (nSPS) is 17.5. The molecule has 110 valence electrons. The maximum atomic E-state index is 13.5. The maximum absolute atomic E-state index is 13.5. The van der Waals surface area contributed by atoms with Crippen molar-refractivity contribution in [2.75, 3.05) is 0 Å². The van der Waals surface area contributed by atoms with Gasteiger partial charge in [-0.15, -0.1) is 0 Å². The molecule has 0 amide bonds. The number of nitrogens with one attached hydrogen (secondary N) is 1. The first-order valence-corrected chi connectivity index (χ1v) is 8.32. The van der Waals surface area contributed by atoms with Crippen molar-refractivity contribution in [3.63, 3.8) is 0 Å². The minimum Gasteiger partial charge on any atom is -0.389 e. The van der Waals surface area contributed by atoms with E-state index in [1.807, 2.05) is 6.92 Å². The van der Waals surface area contributed by atoms with Crippen LogP contribution in [-0.4, -0.2) is 19.4 Å². The lowest BCUT2D eigenvalue weighted by molar-refractivity contribution is 0.260. The maximum Gasteiger partial charge on any atom is 0.240 e. The van der Waals surface area contributed by atoms with Crippen LogP contribution in [-0.2, 0) is 10.0 Å². The lowest BCUT2D eigenvalue weighted by Crippen LogP contribution is -2.40. The van der Waals surface area contributed by atoms with Gasteiger partial charge >= 0.3 is 0 Å². The number of sulfonamides is 1. The van der Waals surface area contributed by atoms with Gasteiger partial charge < -0.3 is 5.73 Å². The van der Waals surface area contributed by atoms with Crippen molar-refractivity contribution >= 4 is 27.2 Å². The minimum absolute atomic E-state index is 0.0205. The third kappa shape index (κ3) is 3.16. The van der Waals surface area contributed by atoms with Crippen LogP contribution in [0.1, 0.15) is 31.7 Å². The fourth-order valence-electron chi connectivity index (χ4n) is 2.21. The summed E-state index contributed by atoms with van der Waals surface area (Å²) in [6, 6.07) is 3.32. The highest BCUT2D eigenvalue weighted by molar-refractivity contribution is 7.89. The zero-order valence-electron chi connectivity index (χ0n) is 11.1. The lowest BCUT2D eigenvalue weighted by atomic mass is 9.81. The van der Waals surface area contributed by atoms with Gasteiger partial charge in [0.25, 0.3) is 0 Å². The van der Waals surface area contributed by atoms with E-state index in [2.05, 4.69) is 4.72 Å². The predicted octanol–water partition coefficient (Wildman–Crippen LogP) is 1.93. The molecular weight excluding hydrogens is 299 g/mol. The quantitative estimate of drug-likeness (QED) is 0.814. The molecule has 1 aliphatic rings. The predicted molar refractivity (Wildman–Crippen MR) is 79.4 cm³/mol. The zero-order chi connectivity index (χ0) is 14.9. The van der Waals surface area contributed by atoms with Gasteiger partial charge in [-0.1, -0.05) is 18.6 Å². The van der Waals surface area contributed by atoms with Crippen LogP contribution in [0.4, 0.5) is 4.39 Å². The Hall–Kier alpha value is -1.05. The fraction of sp³-hybridized carbons (Fsp3) is 0.462. The van der Waals surface area contributed by atoms with Crippen LogP contribution in [0.25, 0.3) is 0 Å². The van der Waals surface area contributed by atoms with Crippen LogP contribution in [0.15, 0.2) is 23.1 Å². The summed E-state index contributed by atoms with van der Waals surface area (Å²) in [5, 5.41) is 0. The molecular formula is C13H17FN2O2S2. The van der Waals surface area contributed by atoms with E-state index in [1.165, 1.54) is 12.1 Å². The van der Waals surface area contributed by atoms with Crippen molar-refractivity contribution in [3.05, 3.63) is 29.6 Å². The fourth-order valence-corrected chi connectivity index (χ4v) is 3.70. The second kappa shape index (κ2) is 5.75. The summed E-state index contributed by atoms with van der Waals surface area (Å²) in [5.74, 6) is -0.247. The topological polar surface area (TPSA) is 72.2 Å². The molecule has 4 nitrogen and oxygen atoms in total. The van der Waals surface area contributed by atoms with Gasteiger partial charge in [0.2, 0.25) is 10.0 Å². The zero-order valence-corrected chi connectivity index (χ0v) is 12.7. The molecule has 1 unspecified atom stereocenters. The standard InChI is InChI=1S/C13H17FN2O2S2/c1-8(9-3-2-4-9)16-20(17,18)10-5-6-12(14)11(7-10)13(15)19/h5-9,16H,2-4H2,1H3,(H2,15,19). The second-order valence-corrected chi connectivity index (χ2v) is 7.26. The van der Waals surface area contributed by atoms with E-state index in [0.29, 0.717) is 5.92 Å². The Kier molecular flexibility index (Phi) is 4.41. The molecule has 1 fully saturated rings. The van der Waals surface area contributed by atoms with Gasteiger partial charge in [0, 0.05) is 11.6 Å². The summed E-state index contributed by atoms with van der Waals surface area (Å²) < 4.78 is 40.6. The van der Waals surface area contributed by atoms with Crippen LogP contribution >= 0.6 is 12.2 Å². The molecule has 1 aromatic carbocycles. The van der Waals surface area contributed by atoms with Crippen molar-refractivity contribution in [1.29, 1.82) is 0 Å². The summed E-state index contributed by atoms with van der Waals surface area (Å²) in [7, 11) is -3.69. The number of hydrogen-bond acceptors (Lipinski definition) is 3. The van der Waals surface area contributed by atoms with E-state index in [4.69, 9.17) is 18.0 Å². The van der Waals surface area contributed by atoms with Crippen molar-refractivity contribution in [1.82, 2.24) is 4.72 Å². The summed E-state index contributed by atoms with van der Waals surface area (Å²) >= 11 is 4.71. The van der Waals surface area contributed by atoms with Crippen molar-refractivity contribution < 1.29 is 12.8 Å². The van der Waals surface area contributed by atoms with Gasteiger partial charge in [0.1, 0.15) is 10.8 Å². The highest BCUT2D eigenvalue weighted by Crippen LogP contribution is 2.30. The van der Waals surface area contributed by atoms with Crippen LogP contribution < -0.4 is 10.5 Å². The molecule has 0 aliphatic heterocycles. The molecule has 0 heterocycles. The van der Waals surface area contributed by atoms with Crippen molar-refractivity contribution in [3.8, 4) is 0 Å². The van der Waals surface area contributed by atoms with Crippen LogP contribution in [0, 0.1) is 11.7 Å². The van der Waals surface area contributed by atoms with E-state index in [9.17, 15) is 12.8 Å². The Morgan fingerprint density at radius 3 is 2.65 bits per heavy atom. The second-order valence-electron chi connectivity index (χ2n) is 5.11. The van der Waals surface area contributed by atoms with Gasteiger partial charge in [-0.25, -0.2) is 17.5 Å². The SMILES string of the molecule is CC(NS(=O)(=O)c1ccc(F)c(C(N)=S)c1)C1CCC1. The molecule has 1 aliphatic carbocycles. The summed E-state index contributed by atoms with van der Waals surface area (Å²) in [4.78, 5) is -0.181. The van der Waals surface area contributed by atoms with E-state index in [1.54, 1.807) is 0 Å². The minimum atomic E-state index is -3.69. The van der Waals surface area contributed by atoms with Crippen LogP contribution in [0.2, 0.25) is 0 Å². The molecule has 7 heteroatoms. The number of hydrogen-bond donors (Lipinski definition) is 2.